The highest BCUT2D eigenvalue weighted by atomic mass is 32.1. The van der Waals surface area contributed by atoms with Gasteiger partial charge in [0.1, 0.15) is 0 Å². The van der Waals surface area contributed by atoms with Gasteiger partial charge in [-0.25, -0.2) is 4.98 Å². The summed E-state index contributed by atoms with van der Waals surface area (Å²) in [5.41, 5.74) is 0. The van der Waals surface area contributed by atoms with Crippen molar-refractivity contribution in [3.8, 4) is 0 Å². The molecule has 0 aromatic carbocycles. The van der Waals surface area contributed by atoms with Crippen molar-refractivity contribution in [2.24, 2.45) is 11.8 Å². The van der Waals surface area contributed by atoms with Gasteiger partial charge in [-0.1, -0.05) is 13.8 Å². The third-order valence-corrected chi connectivity index (χ3v) is 3.91. The molecule has 3 atom stereocenters. The van der Waals surface area contributed by atoms with E-state index in [4.69, 9.17) is 0 Å². The number of hydrogen-bond acceptors (Lipinski definition) is 3. The van der Waals surface area contributed by atoms with Crippen LogP contribution in [0.5, 0.6) is 0 Å². The van der Waals surface area contributed by atoms with Crippen LogP contribution in [0, 0.1) is 11.8 Å². The quantitative estimate of drug-likeness (QED) is 0.786. The van der Waals surface area contributed by atoms with E-state index in [1.165, 1.54) is 12.8 Å². The minimum Gasteiger partial charge on any atom is -0.359 e. The van der Waals surface area contributed by atoms with Gasteiger partial charge in [0.2, 0.25) is 0 Å². The van der Waals surface area contributed by atoms with Crippen LogP contribution in [0.2, 0.25) is 0 Å². The lowest BCUT2D eigenvalue weighted by Crippen LogP contribution is -2.23. The van der Waals surface area contributed by atoms with Crippen LogP contribution in [0.15, 0.2) is 11.6 Å². The lowest BCUT2D eigenvalue weighted by molar-refractivity contribution is 0.435. The van der Waals surface area contributed by atoms with Crippen molar-refractivity contribution in [2.45, 2.75) is 32.7 Å². The molecule has 0 radical (unpaired) electrons. The Morgan fingerprint density at radius 1 is 1.46 bits per heavy atom. The first-order chi connectivity index (χ1) is 6.27. The highest BCUT2D eigenvalue weighted by Gasteiger charge is 2.29. The minimum absolute atomic E-state index is 0.640. The number of nitrogens with zero attached hydrogens (tertiary/aromatic N) is 1. The van der Waals surface area contributed by atoms with E-state index >= 15 is 0 Å². The van der Waals surface area contributed by atoms with Crippen LogP contribution in [-0.4, -0.2) is 11.0 Å². The molecule has 1 N–H and O–H groups in total. The molecule has 72 valence electrons. The zero-order valence-electron chi connectivity index (χ0n) is 8.16. The van der Waals surface area contributed by atoms with Crippen molar-refractivity contribution >= 4 is 16.5 Å². The number of nitrogens with one attached hydrogen (secondary N) is 1. The van der Waals surface area contributed by atoms with Crippen molar-refractivity contribution in [1.29, 1.82) is 0 Å². The summed E-state index contributed by atoms with van der Waals surface area (Å²) in [5, 5.41) is 6.60. The summed E-state index contributed by atoms with van der Waals surface area (Å²) in [4.78, 5) is 4.25. The first-order valence-electron chi connectivity index (χ1n) is 4.93. The SMILES string of the molecule is CC1CCC(Nc2nccs2)C1C. The number of thiazole rings is 1. The Kier molecular flexibility index (Phi) is 2.54. The smallest absolute Gasteiger partial charge is 0.182 e. The van der Waals surface area contributed by atoms with Crippen LogP contribution < -0.4 is 5.32 Å². The fraction of sp³-hybridized carbons (Fsp3) is 0.700. The maximum atomic E-state index is 4.25. The molecule has 0 amide bonds. The minimum atomic E-state index is 0.640. The van der Waals surface area contributed by atoms with E-state index in [0.717, 1.165) is 17.0 Å². The third kappa shape index (κ3) is 1.85. The number of anilines is 1. The van der Waals surface area contributed by atoms with Gasteiger partial charge in [0, 0.05) is 17.6 Å². The van der Waals surface area contributed by atoms with Crippen LogP contribution in [0.3, 0.4) is 0 Å². The zero-order chi connectivity index (χ0) is 9.26. The highest BCUT2D eigenvalue weighted by Crippen LogP contribution is 2.33. The molecule has 2 nitrogen and oxygen atoms in total. The average Bonchev–Trinajstić information content (AvgIpc) is 2.71. The maximum absolute atomic E-state index is 4.25. The molecule has 13 heavy (non-hydrogen) atoms. The van der Waals surface area contributed by atoms with E-state index in [-0.39, 0.29) is 0 Å². The molecule has 0 spiro atoms. The lowest BCUT2D eigenvalue weighted by atomic mass is 9.98. The summed E-state index contributed by atoms with van der Waals surface area (Å²) in [5.74, 6) is 1.64. The van der Waals surface area contributed by atoms with Crippen LogP contribution >= 0.6 is 11.3 Å². The Morgan fingerprint density at radius 3 is 2.85 bits per heavy atom. The van der Waals surface area contributed by atoms with Crippen LogP contribution in [0.4, 0.5) is 5.13 Å². The van der Waals surface area contributed by atoms with Gasteiger partial charge in [-0.2, -0.15) is 0 Å². The molecule has 0 aliphatic heterocycles. The van der Waals surface area contributed by atoms with E-state index in [9.17, 15) is 0 Å². The number of aromatic nitrogens is 1. The molecule has 1 saturated carbocycles. The normalized spacial score (nSPS) is 33.5. The molecule has 1 aromatic rings. The van der Waals surface area contributed by atoms with Crippen molar-refractivity contribution < 1.29 is 0 Å². The van der Waals surface area contributed by atoms with Gasteiger partial charge >= 0.3 is 0 Å². The summed E-state index contributed by atoms with van der Waals surface area (Å²) in [6.45, 7) is 4.68. The van der Waals surface area contributed by atoms with Crippen molar-refractivity contribution in [3.63, 3.8) is 0 Å². The van der Waals surface area contributed by atoms with Crippen molar-refractivity contribution in [1.82, 2.24) is 4.98 Å². The fourth-order valence-corrected chi connectivity index (χ4v) is 2.61. The molecule has 1 fully saturated rings. The predicted molar refractivity (Wildman–Crippen MR) is 57.1 cm³/mol. The molecule has 1 heterocycles. The second-order valence-electron chi connectivity index (χ2n) is 4.00. The van der Waals surface area contributed by atoms with Gasteiger partial charge in [0.05, 0.1) is 0 Å². The third-order valence-electron chi connectivity index (χ3n) is 3.21. The summed E-state index contributed by atoms with van der Waals surface area (Å²) in [6, 6.07) is 0.640. The Balaban J connectivity index is 1.96. The van der Waals surface area contributed by atoms with Gasteiger partial charge in [0.25, 0.3) is 0 Å². The second kappa shape index (κ2) is 3.66. The van der Waals surface area contributed by atoms with Crippen LogP contribution in [0.25, 0.3) is 0 Å². The van der Waals surface area contributed by atoms with Crippen LogP contribution in [0.1, 0.15) is 26.7 Å². The zero-order valence-corrected chi connectivity index (χ0v) is 8.97. The van der Waals surface area contributed by atoms with E-state index in [2.05, 4.69) is 24.1 Å². The molecule has 1 aliphatic rings. The molecule has 0 saturated heterocycles. The van der Waals surface area contributed by atoms with Gasteiger partial charge in [-0.05, 0) is 24.7 Å². The molecule has 3 unspecified atom stereocenters. The molecular weight excluding hydrogens is 180 g/mol. The van der Waals surface area contributed by atoms with Crippen LogP contribution in [-0.2, 0) is 0 Å². The number of hydrogen-bond donors (Lipinski definition) is 1. The predicted octanol–water partition coefficient (Wildman–Crippen LogP) is 2.99. The van der Waals surface area contributed by atoms with E-state index < -0.39 is 0 Å². The van der Waals surface area contributed by atoms with Gasteiger partial charge in [-0.15, -0.1) is 11.3 Å². The largest absolute Gasteiger partial charge is 0.359 e. The molecule has 2 rings (SSSR count). The Bertz CT molecular complexity index is 258. The van der Waals surface area contributed by atoms with Gasteiger partial charge < -0.3 is 5.32 Å². The summed E-state index contributed by atoms with van der Waals surface area (Å²) < 4.78 is 0. The molecular formula is C10H16N2S. The maximum Gasteiger partial charge on any atom is 0.182 e. The number of rotatable bonds is 2. The van der Waals surface area contributed by atoms with E-state index in [0.29, 0.717) is 6.04 Å². The van der Waals surface area contributed by atoms with Gasteiger partial charge in [0.15, 0.2) is 5.13 Å². The van der Waals surface area contributed by atoms with Crippen molar-refractivity contribution in [2.75, 3.05) is 5.32 Å². The summed E-state index contributed by atoms with van der Waals surface area (Å²) >= 11 is 1.69. The first-order valence-corrected chi connectivity index (χ1v) is 5.81. The molecule has 1 aromatic heterocycles. The fourth-order valence-electron chi connectivity index (χ4n) is 2.02. The Labute approximate surface area is 83.4 Å². The first kappa shape index (κ1) is 9.00. The monoisotopic (exact) mass is 196 g/mol. The standard InChI is InChI=1S/C10H16N2S/c1-7-3-4-9(8(7)2)12-10-11-5-6-13-10/h5-9H,3-4H2,1-2H3,(H,11,12). The van der Waals surface area contributed by atoms with E-state index in [1.54, 1.807) is 11.3 Å². The Morgan fingerprint density at radius 2 is 2.31 bits per heavy atom. The van der Waals surface area contributed by atoms with E-state index in [1.807, 2.05) is 11.6 Å². The Hall–Kier alpha value is -0.570. The second-order valence-corrected chi connectivity index (χ2v) is 4.90. The lowest BCUT2D eigenvalue weighted by Gasteiger charge is -2.18. The van der Waals surface area contributed by atoms with Crippen molar-refractivity contribution in [3.05, 3.63) is 11.6 Å². The highest BCUT2D eigenvalue weighted by molar-refractivity contribution is 7.13. The summed E-state index contributed by atoms with van der Waals surface area (Å²) in [6.07, 6.45) is 4.50. The molecule has 3 heteroatoms. The molecule has 1 aliphatic carbocycles. The average molecular weight is 196 g/mol. The van der Waals surface area contributed by atoms with Gasteiger partial charge in [-0.3, -0.25) is 0 Å². The topological polar surface area (TPSA) is 24.9 Å². The molecule has 0 bridgehead atoms. The summed E-state index contributed by atoms with van der Waals surface area (Å²) in [7, 11) is 0.